The Morgan fingerprint density at radius 3 is 1.92 bits per heavy atom. The Morgan fingerprint density at radius 2 is 1.50 bits per heavy atom. The van der Waals surface area contributed by atoms with Crippen LogP contribution in [0.2, 0.25) is 0 Å². The fourth-order valence-corrected chi connectivity index (χ4v) is 0.975. The molecule has 0 unspecified atom stereocenters. The van der Waals surface area contributed by atoms with Crippen LogP contribution in [0.3, 0.4) is 0 Å². The molecule has 1 rings (SSSR count). The van der Waals surface area contributed by atoms with Gasteiger partial charge in [-0.3, -0.25) is 0 Å². The SMILES string of the molecule is O=NCc1cccc(CN=O)c1. The van der Waals surface area contributed by atoms with Gasteiger partial charge in [-0.25, -0.2) is 0 Å². The van der Waals surface area contributed by atoms with E-state index < -0.39 is 0 Å². The molecule has 62 valence electrons. The predicted octanol–water partition coefficient (Wildman–Crippen LogP) is 2.22. The third-order valence-corrected chi connectivity index (χ3v) is 1.49. The molecule has 4 nitrogen and oxygen atoms in total. The van der Waals surface area contributed by atoms with Gasteiger partial charge in [-0.1, -0.05) is 34.6 Å². The Bertz CT molecular complexity index is 261. The van der Waals surface area contributed by atoms with Gasteiger partial charge in [0, 0.05) is 0 Å². The molecule has 0 N–H and O–H groups in total. The fraction of sp³-hybridized carbons (Fsp3) is 0.250. The summed E-state index contributed by atoms with van der Waals surface area (Å²) in [6, 6.07) is 7.11. The summed E-state index contributed by atoms with van der Waals surface area (Å²) in [5.41, 5.74) is 1.62. The van der Waals surface area contributed by atoms with Gasteiger partial charge in [-0.2, -0.15) is 9.81 Å². The van der Waals surface area contributed by atoms with Crippen LogP contribution < -0.4 is 0 Å². The van der Waals surface area contributed by atoms with Crippen molar-refractivity contribution in [3.63, 3.8) is 0 Å². The molecule has 1 aromatic rings. The number of benzene rings is 1. The zero-order valence-corrected chi connectivity index (χ0v) is 6.43. The molecular formula is C8H8N2O2. The summed E-state index contributed by atoms with van der Waals surface area (Å²) in [4.78, 5) is 19.8. The maximum atomic E-state index is 9.91. The van der Waals surface area contributed by atoms with Crippen LogP contribution >= 0.6 is 0 Å². The molecule has 0 amide bonds. The van der Waals surface area contributed by atoms with E-state index in [0.717, 1.165) is 11.1 Å². The number of nitrogens with zero attached hydrogens (tertiary/aromatic N) is 2. The topological polar surface area (TPSA) is 58.9 Å². The van der Waals surface area contributed by atoms with Crippen LogP contribution in [0.1, 0.15) is 11.1 Å². The van der Waals surface area contributed by atoms with Crippen LogP contribution in [0, 0.1) is 9.81 Å². The lowest BCUT2D eigenvalue weighted by Gasteiger charge is -1.96. The summed E-state index contributed by atoms with van der Waals surface area (Å²) >= 11 is 0. The third kappa shape index (κ3) is 2.23. The minimum atomic E-state index is 0.146. The Balaban J connectivity index is 2.79. The van der Waals surface area contributed by atoms with Gasteiger partial charge in [-0.05, 0) is 11.1 Å². The van der Waals surface area contributed by atoms with Crippen LogP contribution in [0.5, 0.6) is 0 Å². The molecular weight excluding hydrogens is 156 g/mol. The zero-order valence-electron chi connectivity index (χ0n) is 6.43. The van der Waals surface area contributed by atoms with Crippen molar-refractivity contribution in [1.29, 1.82) is 0 Å². The summed E-state index contributed by atoms with van der Waals surface area (Å²) in [7, 11) is 0. The molecule has 0 saturated carbocycles. The highest BCUT2D eigenvalue weighted by atomic mass is 16.3. The molecule has 0 bridgehead atoms. The van der Waals surface area contributed by atoms with Crippen molar-refractivity contribution in [3.8, 4) is 0 Å². The van der Waals surface area contributed by atoms with Crippen LogP contribution in [0.25, 0.3) is 0 Å². The number of hydrogen-bond acceptors (Lipinski definition) is 4. The summed E-state index contributed by atoms with van der Waals surface area (Å²) in [6.45, 7) is 0.291. The molecule has 0 fully saturated rings. The fourth-order valence-electron chi connectivity index (χ4n) is 0.975. The van der Waals surface area contributed by atoms with Crippen molar-refractivity contribution < 1.29 is 0 Å². The van der Waals surface area contributed by atoms with Crippen LogP contribution in [0.15, 0.2) is 34.6 Å². The maximum absolute atomic E-state index is 9.91. The highest BCUT2D eigenvalue weighted by Gasteiger charge is 1.95. The van der Waals surface area contributed by atoms with Crippen molar-refractivity contribution in [2.45, 2.75) is 13.1 Å². The van der Waals surface area contributed by atoms with E-state index in [9.17, 15) is 9.81 Å². The third-order valence-electron chi connectivity index (χ3n) is 1.49. The highest BCUT2D eigenvalue weighted by Crippen LogP contribution is 2.07. The molecule has 0 aliphatic heterocycles. The van der Waals surface area contributed by atoms with Gasteiger partial charge in [0.05, 0.1) is 0 Å². The molecule has 4 heteroatoms. The van der Waals surface area contributed by atoms with Crippen LogP contribution in [0.4, 0.5) is 0 Å². The first kappa shape index (κ1) is 8.52. The van der Waals surface area contributed by atoms with E-state index in [1.807, 2.05) is 0 Å². The lowest BCUT2D eigenvalue weighted by molar-refractivity contribution is 1.01. The summed E-state index contributed by atoms with van der Waals surface area (Å²) in [5, 5.41) is 5.50. The minimum absolute atomic E-state index is 0.146. The molecule has 1 aromatic carbocycles. The van der Waals surface area contributed by atoms with Gasteiger partial charge in [0.25, 0.3) is 0 Å². The van der Waals surface area contributed by atoms with Crippen LogP contribution in [-0.2, 0) is 13.1 Å². The van der Waals surface area contributed by atoms with E-state index in [1.54, 1.807) is 24.3 Å². The van der Waals surface area contributed by atoms with Crippen molar-refractivity contribution in [1.82, 2.24) is 0 Å². The smallest absolute Gasteiger partial charge is 0.106 e. The van der Waals surface area contributed by atoms with Gasteiger partial charge in [0.15, 0.2) is 0 Å². The Kier molecular flexibility index (Phi) is 3.07. The van der Waals surface area contributed by atoms with Gasteiger partial charge in [0.1, 0.15) is 13.1 Å². The van der Waals surface area contributed by atoms with E-state index in [0.29, 0.717) is 0 Å². The highest BCUT2D eigenvalue weighted by molar-refractivity contribution is 5.23. The summed E-state index contributed by atoms with van der Waals surface area (Å²) in [5.74, 6) is 0. The van der Waals surface area contributed by atoms with Gasteiger partial charge >= 0.3 is 0 Å². The first-order chi connectivity index (χ1) is 5.86. The minimum Gasteiger partial charge on any atom is -0.150 e. The summed E-state index contributed by atoms with van der Waals surface area (Å²) < 4.78 is 0. The van der Waals surface area contributed by atoms with E-state index >= 15 is 0 Å². The first-order valence-corrected chi connectivity index (χ1v) is 3.53. The number of rotatable bonds is 4. The standard InChI is InChI=1S/C8H8N2O2/c11-9-5-7-2-1-3-8(4-7)6-10-12/h1-4H,5-6H2. The van der Waals surface area contributed by atoms with Gasteiger partial charge in [0.2, 0.25) is 0 Å². The maximum Gasteiger partial charge on any atom is 0.106 e. The molecule has 0 saturated heterocycles. The number of nitroso groups, excluding NO2 is 2. The summed E-state index contributed by atoms with van der Waals surface area (Å²) in [6.07, 6.45) is 0. The first-order valence-electron chi connectivity index (χ1n) is 3.53. The monoisotopic (exact) mass is 164 g/mol. The van der Waals surface area contributed by atoms with Gasteiger partial charge in [-0.15, -0.1) is 0 Å². The van der Waals surface area contributed by atoms with Crippen molar-refractivity contribution >= 4 is 0 Å². The quantitative estimate of drug-likeness (QED) is 0.640. The van der Waals surface area contributed by atoms with Crippen molar-refractivity contribution in [2.75, 3.05) is 0 Å². The lowest BCUT2D eigenvalue weighted by atomic mass is 10.1. The Hall–Kier alpha value is -1.58. The van der Waals surface area contributed by atoms with Crippen molar-refractivity contribution in [3.05, 3.63) is 45.2 Å². The normalized spacial score (nSPS) is 9.33. The van der Waals surface area contributed by atoms with Gasteiger partial charge < -0.3 is 0 Å². The molecule has 12 heavy (non-hydrogen) atoms. The molecule has 0 aliphatic rings. The molecule has 0 aliphatic carbocycles. The molecule has 0 atom stereocenters. The predicted molar refractivity (Wildman–Crippen MR) is 45.4 cm³/mol. The molecule has 0 heterocycles. The second-order valence-electron chi connectivity index (χ2n) is 2.39. The number of hydrogen-bond donors (Lipinski definition) is 0. The molecule has 0 spiro atoms. The second-order valence-corrected chi connectivity index (χ2v) is 2.39. The van der Waals surface area contributed by atoms with E-state index in [1.165, 1.54) is 0 Å². The average Bonchev–Trinajstić information content (AvgIpc) is 2.06. The molecule has 0 aromatic heterocycles. The molecule has 0 radical (unpaired) electrons. The Morgan fingerprint density at radius 1 is 1.00 bits per heavy atom. The van der Waals surface area contributed by atoms with Crippen molar-refractivity contribution in [2.24, 2.45) is 10.4 Å². The van der Waals surface area contributed by atoms with Crippen LogP contribution in [-0.4, -0.2) is 0 Å². The lowest BCUT2D eigenvalue weighted by Crippen LogP contribution is -1.84. The van der Waals surface area contributed by atoms with E-state index in [2.05, 4.69) is 10.4 Å². The van der Waals surface area contributed by atoms with E-state index in [-0.39, 0.29) is 13.1 Å². The average molecular weight is 164 g/mol. The Labute approximate surface area is 69.6 Å². The second kappa shape index (κ2) is 4.33. The van der Waals surface area contributed by atoms with E-state index in [4.69, 9.17) is 0 Å². The largest absolute Gasteiger partial charge is 0.150 e. The zero-order chi connectivity index (χ0) is 8.81.